The van der Waals surface area contributed by atoms with Gasteiger partial charge in [0.25, 0.3) is 5.69 Å². The van der Waals surface area contributed by atoms with Crippen molar-refractivity contribution >= 4 is 27.3 Å². The third-order valence-corrected chi connectivity index (χ3v) is 7.03. The lowest BCUT2D eigenvalue weighted by Gasteiger charge is -2.28. The van der Waals surface area contributed by atoms with Gasteiger partial charge in [0.1, 0.15) is 0 Å². The van der Waals surface area contributed by atoms with Crippen molar-refractivity contribution in [2.24, 2.45) is 0 Å². The van der Waals surface area contributed by atoms with Crippen molar-refractivity contribution in [2.75, 3.05) is 0 Å². The molecular formula is C15H19ClN2O4S. The monoisotopic (exact) mass is 358 g/mol. The minimum Gasteiger partial charge on any atom is -0.258 e. The standard InChI is InChI=1S/C15H19ClN2O4S/c1-10-14(16)8-13(9-15(10)18(19)20)23(21,22)17(12-6-7-12)11-4-2-3-5-11/h8-9,11-12H,2-7H2,1H3. The van der Waals surface area contributed by atoms with Crippen LogP contribution in [0.4, 0.5) is 5.69 Å². The van der Waals surface area contributed by atoms with Crippen LogP contribution in [0.2, 0.25) is 5.02 Å². The average molecular weight is 359 g/mol. The first-order chi connectivity index (χ1) is 10.8. The topological polar surface area (TPSA) is 80.5 Å². The van der Waals surface area contributed by atoms with Gasteiger partial charge in [-0.2, -0.15) is 4.31 Å². The molecule has 1 aromatic rings. The number of nitro benzene ring substituents is 1. The summed E-state index contributed by atoms with van der Waals surface area (Å²) in [5.41, 5.74) is 0.0349. The van der Waals surface area contributed by atoms with Gasteiger partial charge in [-0.25, -0.2) is 8.42 Å². The van der Waals surface area contributed by atoms with Crippen LogP contribution in [0.5, 0.6) is 0 Å². The summed E-state index contributed by atoms with van der Waals surface area (Å²) in [6.07, 6.45) is 5.49. The molecule has 2 aliphatic carbocycles. The molecule has 23 heavy (non-hydrogen) atoms. The number of benzene rings is 1. The van der Waals surface area contributed by atoms with Crippen LogP contribution in [0, 0.1) is 17.0 Å². The van der Waals surface area contributed by atoms with E-state index in [0.717, 1.165) is 44.6 Å². The molecule has 8 heteroatoms. The lowest BCUT2D eigenvalue weighted by molar-refractivity contribution is -0.385. The zero-order valence-electron chi connectivity index (χ0n) is 12.9. The highest BCUT2D eigenvalue weighted by molar-refractivity contribution is 7.89. The Morgan fingerprint density at radius 1 is 1.17 bits per heavy atom. The maximum atomic E-state index is 13.1. The van der Waals surface area contributed by atoms with Crippen LogP contribution in [0.3, 0.4) is 0 Å². The summed E-state index contributed by atoms with van der Waals surface area (Å²) in [5, 5.41) is 11.3. The highest BCUT2D eigenvalue weighted by atomic mass is 35.5. The number of nitro groups is 1. The average Bonchev–Trinajstić information content (AvgIpc) is 3.15. The molecule has 0 saturated heterocycles. The molecule has 0 amide bonds. The molecule has 3 rings (SSSR count). The molecule has 2 fully saturated rings. The van der Waals surface area contributed by atoms with Crippen molar-refractivity contribution < 1.29 is 13.3 Å². The maximum absolute atomic E-state index is 13.1. The Morgan fingerprint density at radius 3 is 2.26 bits per heavy atom. The molecule has 0 heterocycles. The lowest BCUT2D eigenvalue weighted by atomic mass is 10.2. The van der Waals surface area contributed by atoms with E-state index in [4.69, 9.17) is 11.6 Å². The molecule has 2 saturated carbocycles. The number of nitrogens with zero attached hydrogens (tertiary/aromatic N) is 2. The minimum absolute atomic E-state index is 0.00614. The molecule has 0 N–H and O–H groups in total. The number of hydrogen-bond donors (Lipinski definition) is 0. The van der Waals surface area contributed by atoms with Crippen molar-refractivity contribution in [3.05, 3.63) is 32.8 Å². The van der Waals surface area contributed by atoms with Crippen LogP contribution < -0.4 is 0 Å². The second kappa shape index (κ2) is 6.03. The van der Waals surface area contributed by atoms with Crippen LogP contribution in [0.25, 0.3) is 0 Å². The summed E-state index contributed by atoms with van der Waals surface area (Å²) in [6, 6.07) is 2.51. The molecule has 0 radical (unpaired) electrons. The SMILES string of the molecule is Cc1c(Cl)cc(S(=O)(=O)N(C2CCCC2)C2CC2)cc1[N+](=O)[O-]. The Balaban J connectivity index is 2.06. The molecule has 0 aromatic heterocycles. The van der Waals surface area contributed by atoms with E-state index in [0.29, 0.717) is 0 Å². The van der Waals surface area contributed by atoms with Crippen LogP contribution in [-0.4, -0.2) is 29.7 Å². The normalized spacial score (nSPS) is 19.4. The molecule has 126 valence electrons. The highest BCUT2D eigenvalue weighted by Gasteiger charge is 2.43. The van der Waals surface area contributed by atoms with Gasteiger partial charge in [0.15, 0.2) is 0 Å². The van der Waals surface area contributed by atoms with Gasteiger partial charge in [0, 0.05) is 23.7 Å². The predicted octanol–water partition coefficient (Wildman–Crippen LogP) is 3.65. The van der Waals surface area contributed by atoms with E-state index in [1.165, 1.54) is 13.0 Å². The molecule has 0 aliphatic heterocycles. The Bertz CT molecular complexity index is 740. The van der Waals surface area contributed by atoms with Crippen LogP contribution in [-0.2, 0) is 10.0 Å². The summed E-state index contributed by atoms with van der Waals surface area (Å²) < 4.78 is 27.8. The van der Waals surface area contributed by atoms with Crippen molar-refractivity contribution in [3.8, 4) is 0 Å². The largest absolute Gasteiger partial charge is 0.275 e. The number of rotatable bonds is 5. The van der Waals surface area contributed by atoms with Crippen LogP contribution in [0.1, 0.15) is 44.1 Å². The van der Waals surface area contributed by atoms with E-state index in [1.807, 2.05) is 0 Å². The van der Waals surface area contributed by atoms with Gasteiger partial charge in [-0.05, 0) is 38.7 Å². The minimum atomic E-state index is -3.77. The Morgan fingerprint density at radius 2 is 1.74 bits per heavy atom. The number of sulfonamides is 1. The van der Waals surface area contributed by atoms with E-state index in [-0.39, 0.29) is 33.3 Å². The van der Waals surface area contributed by atoms with Crippen molar-refractivity contribution in [1.82, 2.24) is 4.31 Å². The summed E-state index contributed by atoms with van der Waals surface area (Å²) in [7, 11) is -3.77. The van der Waals surface area contributed by atoms with E-state index >= 15 is 0 Å². The first kappa shape index (κ1) is 16.7. The number of halogens is 1. The van der Waals surface area contributed by atoms with E-state index in [9.17, 15) is 18.5 Å². The number of hydrogen-bond acceptors (Lipinski definition) is 4. The third kappa shape index (κ3) is 3.09. The zero-order chi connectivity index (χ0) is 16.8. The first-order valence-electron chi connectivity index (χ1n) is 7.80. The fourth-order valence-electron chi connectivity index (χ4n) is 3.28. The third-order valence-electron chi connectivity index (χ3n) is 4.65. The Labute approximate surface area is 140 Å². The second-order valence-corrected chi connectivity index (χ2v) is 8.56. The van der Waals surface area contributed by atoms with Crippen molar-refractivity contribution in [3.63, 3.8) is 0 Å². The maximum Gasteiger partial charge on any atom is 0.275 e. The second-order valence-electron chi connectivity index (χ2n) is 6.31. The van der Waals surface area contributed by atoms with Gasteiger partial charge in [0.05, 0.1) is 14.8 Å². The Hall–Kier alpha value is -1.18. The quantitative estimate of drug-likeness (QED) is 0.594. The fourth-order valence-corrected chi connectivity index (χ4v) is 5.54. The lowest BCUT2D eigenvalue weighted by Crippen LogP contribution is -2.40. The van der Waals surface area contributed by atoms with Gasteiger partial charge < -0.3 is 0 Å². The molecule has 6 nitrogen and oxygen atoms in total. The molecule has 2 aliphatic rings. The summed E-state index contributed by atoms with van der Waals surface area (Å²) in [4.78, 5) is 10.5. The molecule has 0 atom stereocenters. The highest BCUT2D eigenvalue weighted by Crippen LogP contribution is 2.40. The molecule has 1 aromatic carbocycles. The van der Waals surface area contributed by atoms with E-state index in [1.54, 1.807) is 4.31 Å². The fraction of sp³-hybridized carbons (Fsp3) is 0.600. The summed E-state index contributed by atoms with van der Waals surface area (Å²) >= 11 is 6.04. The van der Waals surface area contributed by atoms with Crippen LogP contribution >= 0.6 is 11.6 Å². The smallest absolute Gasteiger partial charge is 0.258 e. The predicted molar refractivity (Wildman–Crippen MR) is 87.1 cm³/mol. The molecule has 0 spiro atoms. The van der Waals surface area contributed by atoms with E-state index in [2.05, 4.69) is 0 Å². The van der Waals surface area contributed by atoms with Gasteiger partial charge in [0.2, 0.25) is 10.0 Å². The summed E-state index contributed by atoms with van der Waals surface area (Å²) in [5.74, 6) is 0. The molecule has 0 bridgehead atoms. The van der Waals surface area contributed by atoms with Gasteiger partial charge in [-0.1, -0.05) is 24.4 Å². The molecular weight excluding hydrogens is 340 g/mol. The van der Waals surface area contributed by atoms with Crippen LogP contribution in [0.15, 0.2) is 17.0 Å². The first-order valence-corrected chi connectivity index (χ1v) is 9.62. The van der Waals surface area contributed by atoms with Crippen molar-refractivity contribution in [1.29, 1.82) is 0 Å². The zero-order valence-corrected chi connectivity index (χ0v) is 14.4. The van der Waals surface area contributed by atoms with Gasteiger partial charge >= 0.3 is 0 Å². The van der Waals surface area contributed by atoms with Crippen molar-refractivity contribution in [2.45, 2.75) is 62.4 Å². The van der Waals surface area contributed by atoms with Gasteiger partial charge in [-0.15, -0.1) is 0 Å². The molecule has 0 unspecified atom stereocenters. The van der Waals surface area contributed by atoms with E-state index < -0.39 is 14.9 Å². The Kier molecular flexibility index (Phi) is 4.37. The summed E-state index contributed by atoms with van der Waals surface area (Å²) in [6.45, 7) is 1.52. The van der Waals surface area contributed by atoms with Gasteiger partial charge in [-0.3, -0.25) is 10.1 Å².